The van der Waals surface area contributed by atoms with E-state index < -0.39 is 17.3 Å². The van der Waals surface area contributed by atoms with Gasteiger partial charge in [-0.15, -0.1) is 0 Å². The van der Waals surface area contributed by atoms with Crippen LogP contribution in [0, 0.1) is 5.82 Å². The van der Waals surface area contributed by atoms with Gasteiger partial charge in [-0.2, -0.15) is 0 Å². The van der Waals surface area contributed by atoms with Crippen molar-refractivity contribution >= 4 is 16.8 Å². The summed E-state index contributed by atoms with van der Waals surface area (Å²) in [5, 5.41) is 2.62. The smallest absolute Gasteiger partial charge is 0.287 e. The SMILES string of the molecule is COc1cccc(CNC(=O)c2nc3ccc(F)c(OC)c3c(=O)[nH]2)c1. The maximum Gasteiger partial charge on any atom is 0.287 e. The van der Waals surface area contributed by atoms with Crippen molar-refractivity contribution in [2.45, 2.75) is 6.54 Å². The van der Waals surface area contributed by atoms with Crippen LogP contribution in [0.3, 0.4) is 0 Å². The number of fused-ring (bicyclic) bond motifs is 1. The fraction of sp³-hybridized carbons (Fsp3) is 0.167. The molecule has 2 aromatic carbocycles. The van der Waals surface area contributed by atoms with Gasteiger partial charge in [0.15, 0.2) is 17.4 Å². The fourth-order valence-corrected chi connectivity index (χ4v) is 2.53. The minimum atomic E-state index is -0.678. The zero-order valence-electron chi connectivity index (χ0n) is 14.1. The van der Waals surface area contributed by atoms with Crippen LogP contribution in [-0.2, 0) is 6.54 Å². The first-order valence-electron chi connectivity index (χ1n) is 7.71. The molecule has 0 bridgehead atoms. The topological polar surface area (TPSA) is 93.3 Å². The monoisotopic (exact) mass is 357 g/mol. The number of carbonyl (C=O) groups is 1. The van der Waals surface area contributed by atoms with Crippen LogP contribution in [0.15, 0.2) is 41.2 Å². The second-order valence-electron chi connectivity index (χ2n) is 5.42. The summed E-state index contributed by atoms with van der Waals surface area (Å²) >= 11 is 0. The quantitative estimate of drug-likeness (QED) is 0.729. The first kappa shape index (κ1) is 17.4. The van der Waals surface area contributed by atoms with Gasteiger partial charge in [-0.3, -0.25) is 9.59 Å². The number of hydrogen-bond acceptors (Lipinski definition) is 5. The molecule has 0 spiro atoms. The average Bonchev–Trinajstić information content (AvgIpc) is 2.66. The molecular weight excluding hydrogens is 341 g/mol. The Morgan fingerprint density at radius 1 is 1.23 bits per heavy atom. The van der Waals surface area contributed by atoms with E-state index in [1.54, 1.807) is 25.3 Å². The lowest BCUT2D eigenvalue weighted by atomic mass is 10.2. The van der Waals surface area contributed by atoms with Crippen molar-refractivity contribution in [3.05, 3.63) is 64.0 Å². The second-order valence-corrected chi connectivity index (χ2v) is 5.42. The average molecular weight is 357 g/mol. The standard InChI is InChI=1S/C18H16FN3O4/c1-25-11-5-3-4-10(8-11)9-20-18(24)16-21-13-7-6-12(19)15(26-2)14(13)17(23)22-16/h3-8H,9H2,1-2H3,(H,20,24)(H,21,22,23). The Morgan fingerprint density at radius 3 is 2.77 bits per heavy atom. The minimum Gasteiger partial charge on any atom is -0.497 e. The van der Waals surface area contributed by atoms with E-state index in [-0.39, 0.29) is 29.0 Å². The fourth-order valence-electron chi connectivity index (χ4n) is 2.53. The molecule has 0 aliphatic rings. The number of rotatable bonds is 5. The van der Waals surface area contributed by atoms with Crippen LogP contribution in [0.25, 0.3) is 10.9 Å². The molecule has 0 saturated heterocycles. The van der Waals surface area contributed by atoms with Crippen molar-refractivity contribution in [1.82, 2.24) is 15.3 Å². The maximum atomic E-state index is 13.7. The zero-order valence-corrected chi connectivity index (χ0v) is 14.1. The highest BCUT2D eigenvalue weighted by atomic mass is 19.1. The highest BCUT2D eigenvalue weighted by Crippen LogP contribution is 2.24. The van der Waals surface area contributed by atoms with Crippen molar-refractivity contribution in [3.63, 3.8) is 0 Å². The van der Waals surface area contributed by atoms with Crippen molar-refractivity contribution in [2.75, 3.05) is 14.2 Å². The number of methoxy groups -OCH3 is 2. The predicted molar refractivity (Wildman–Crippen MR) is 93.0 cm³/mol. The molecule has 0 atom stereocenters. The number of H-pyrrole nitrogens is 1. The van der Waals surface area contributed by atoms with E-state index in [0.717, 1.165) is 11.6 Å². The van der Waals surface area contributed by atoms with Gasteiger partial charge in [0.2, 0.25) is 0 Å². The molecule has 0 fully saturated rings. The Morgan fingerprint density at radius 2 is 2.04 bits per heavy atom. The van der Waals surface area contributed by atoms with Gasteiger partial charge in [-0.25, -0.2) is 9.37 Å². The number of amides is 1. The van der Waals surface area contributed by atoms with Crippen LogP contribution in [-0.4, -0.2) is 30.1 Å². The first-order valence-corrected chi connectivity index (χ1v) is 7.71. The lowest BCUT2D eigenvalue weighted by Crippen LogP contribution is -2.27. The Labute approximate surface area is 147 Å². The largest absolute Gasteiger partial charge is 0.497 e. The molecular formula is C18H16FN3O4. The Kier molecular flexibility index (Phi) is 4.83. The summed E-state index contributed by atoms with van der Waals surface area (Å²) in [5.41, 5.74) is 0.334. The number of ether oxygens (including phenoxy) is 2. The van der Waals surface area contributed by atoms with Crippen LogP contribution in [0.5, 0.6) is 11.5 Å². The molecule has 2 N–H and O–H groups in total. The van der Waals surface area contributed by atoms with E-state index in [2.05, 4.69) is 15.3 Å². The molecule has 3 aromatic rings. The second kappa shape index (κ2) is 7.22. The third kappa shape index (κ3) is 3.34. The first-order chi connectivity index (χ1) is 12.5. The van der Waals surface area contributed by atoms with E-state index in [0.29, 0.717) is 5.75 Å². The summed E-state index contributed by atoms with van der Waals surface area (Å²) in [6, 6.07) is 9.65. The molecule has 0 unspecified atom stereocenters. The molecule has 8 heteroatoms. The normalized spacial score (nSPS) is 10.6. The predicted octanol–water partition coefficient (Wildman–Crippen LogP) is 2.01. The summed E-state index contributed by atoms with van der Waals surface area (Å²) < 4.78 is 23.8. The molecule has 1 aromatic heterocycles. The molecule has 1 amide bonds. The molecule has 3 rings (SSSR count). The van der Waals surface area contributed by atoms with E-state index in [1.807, 2.05) is 6.07 Å². The van der Waals surface area contributed by atoms with E-state index in [4.69, 9.17) is 9.47 Å². The van der Waals surface area contributed by atoms with Crippen LogP contribution in [0.4, 0.5) is 4.39 Å². The van der Waals surface area contributed by atoms with Crippen LogP contribution in [0.1, 0.15) is 16.2 Å². The summed E-state index contributed by atoms with van der Waals surface area (Å²) in [6.45, 7) is 0.227. The van der Waals surface area contributed by atoms with Gasteiger partial charge in [0.05, 0.1) is 19.7 Å². The van der Waals surface area contributed by atoms with Gasteiger partial charge in [0.1, 0.15) is 11.1 Å². The molecule has 1 heterocycles. The third-order valence-electron chi connectivity index (χ3n) is 3.79. The number of nitrogens with one attached hydrogen (secondary N) is 2. The van der Waals surface area contributed by atoms with Crippen molar-refractivity contribution < 1.29 is 18.7 Å². The molecule has 0 aliphatic heterocycles. The number of aromatic amines is 1. The Bertz CT molecular complexity index is 1030. The lowest BCUT2D eigenvalue weighted by molar-refractivity contribution is 0.0940. The molecule has 0 saturated carbocycles. The Hall–Kier alpha value is -3.42. The van der Waals surface area contributed by atoms with Crippen molar-refractivity contribution in [3.8, 4) is 11.5 Å². The van der Waals surface area contributed by atoms with Gasteiger partial charge in [0, 0.05) is 6.54 Å². The molecule has 7 nitrogen and oxygen atoms in total. The highest BCUT2D eigenvalue weighted by molar-refractivity contribution is 5.93. The summed E-state index contributed by atoms with van der Waals surface area (Å²) in [4.78, 5) is 31.0. The molecule has 134 valence electrons. The maximum absolute atomic E-state index is 13.7. The van der Waals surface area contributed by atoms with Gasteiger partial charge < -0.3 is 19.8 Å². The number of nitrogens with zero attached hydrogens (tertiary/aromatic N) is 1. The number of aromatic nitrogens is 2. The van der Waals surface area contributed by atoms with Gasteiger partial charge in [0.25, 0.3) is 11.5 Å². The number of benzene rings is 2. The molecule has 0 aliphatic carbocycles. The summed E-state index contributed by atoms with van der Waals surface area (Å²) in [5.74, 6) is -0.945. The van der Waals surface area contributed by atoms with Crippen LogP contribution >= 0.6 is 0 Å². The minimum absolute atomic E-state index is 0.0446. The van der Waals surface area contributed by atoms with Crippen molar-refractivity contribution in [1.29, 1.82) is 0 Å². The van der Waals surface area contributed by atoms with Gasteiger partial charge in [-0.1, -0.05) is 12.1 Å². The van der Waals surface area contributed by atoms with E-state index >= 15 is 0 Å². The van der Waals surface area contributed by atoms with Gasteiger partial charge >= 0.3 is 0 Å². The summed E-state index contributed by atoms with van der Waals surface area (Å²) in [7, 11) is 2.81. The Balaban J connectivity index is 1.87. The summed E-state index contributed by atoms with van der Waals surface area (Å²) in [6.07, 6.45) is 0. The van der Waals surface area contributed by atoms with E-state index in [1.165, 1.54) is 13.2 Å². The van der Waals surface area contributed by atoms with Crippen LogP contribution < -0.4 is 20.3 Å². The van der Waals surface area contributed by atoms with E-state index in [9.17, 15) is 14.0 Å². The lowest BCUT2D eigenvalue weighted by Gasteiger charge is -2.08. The number of halogens is 1. The van der Waals surface area contributed by atoms with Gasteiger partial charge in [-0.05, 0) is 29.8 Å². The zero-order chi connectivity index (χ0) is 18.7. The molecule has 0 radical (unpaired) electrons. The number of hydrogen-bond donors (Lipinski definition) is 2. The highest BCUT2D eigenvalue weighted by Gasteiger charge is 2.16. The van der Waals surface area contributed by atoms with Crippen LogP contribution in [0.2, 0.25) is 0 Å². The third-order valence-corrected chi connectivity index (χ3v) is 3.79. The number of carbonyl (C=O) groups excluding carboxylic acids is 1. The molecule has 26 heavy (non-hydrogen) atoms. The van der Waals surface area contributed by atoms with Crippen molar-refractivity contribution in [2.24, 2.45) is 0 Å².